The Bertz CT molecular complexity index is 1530. The largest absolute Gasteiger partial charge is 0.493 e. The lowest BCUT2D eigenvalue weighted by molar-refractivity contribution is -0.113. The monoisotopic (exact) mass is 543 g/mol. The van der Waals surface area contributed by atoms with Crippen molar-refractivity contribution in [1.29, 1.82) is 5.26 Å². The number of rotatable bonds is 8. The van der Waals surface area contributed by atoms with Crippen LogP contribution in [0.4, 0.5) is 5.69 Å². The number of amides is 1. The van der Waals surface area contributed by atoms with Gasteiger partial charge in [-0.2, -0.15) is 5.26 Å². The predicted molar refractivity (Wildman–Crippen MR) is 153 cm³/mol. The quantitative estimate of drug-likeness (QED) is 0.235. The van der Waals surface area contributed by atoms with E-state index in [-0.39, 0.29) is 11.7 Å². The highest BCUT2D eigenvalue weighted by atomic mass is 35.5. The lowest BCUT2D eigenvalue weighted by Crippen LogP contribution is -2.15. The maximum Gasteiger partial charge on any atom is 0.234 e. The van der Waals surface area contributed by atoms with Gasteiger partial charge in [-0.1, -0.05) is 53.7 Å². The van der Waals surface area contributed by atoms with Crippen LogP contribution < -0.4 is 14.8 Å². The molecule has 0 saturated heterocycles. The Labute approximate surface area is 231 Å². The highest BCUT2D eigenvalue weighted by molar-refractivity contribution is 8.00. The molecule has 0 atom stereocenters. The van der Waals surface area contributed by atoms with Gasteiger partial charge in [0.05, 0.1) is 31.2 Å². The maximum absolute atomic E-state index is 12.9. The number of nitriles is 1. The second kappa shape index (κ2) is 12.0. The van der Waals surface area contributed by atoms with Crippen LogP contribution in [0.3, 0.4) is 0 Å². The summed E-state index contributed by atoms with van der Waals surface area (Å²) in [5, 5.41) is 14.2. The Kier molecular flexibility index (Phi) is 8.57. The normalized spacial score (nSPS) is 10.5. The van der Waals surface area contributed by atoms with Crippen LogP contribution >= 0.6 is 23.4 Å². The van der Waals surface area contributed by atoms with Crippen LogP contribution in [0.15, 0.2) is 71.8 Å². The van der Waals surface area contributed by atoms with Gasteiger partial charge in [-0.25, -0.2) is 4.98 Å². The van der Waals surface area contributed by atoms with E-state index in [0.717, 1.165) is 27.9 Å². The number of hydrogen-bond acceptors (Lipinski definition) is 6. The Morgan fingerprint density at radius 2 is 1.71 bits per heavy atom. The highest BCUT2D eigenvalue weighted by Crippen LogP contribution is 2.38. The summed E-state index contributed by atoms with van der Waals surface area (Å²) in [6.07, 6.45) is 0. The fraction of sp³-hybridized carbons (Fsp3) is 0.167. The number of hydrogen-bond donors (Lipinski definition) is 1. The first kappa shape index (κ1) is 27.1. The maximum atomic E-state index is 12.9. The van der Waals surface area contributed by atoms with Crippen molar-refractivity contribution in [1.82, 2.24) is 4.98 Å². The van der Waals surface area contributed by atoms with Gasteiger partial charge in [-0.15, -0.1) is 0 Å². The third-order valence-corrected chi connectivity index (χ3v) is 7.38. The smallest absolute Gasteiger partial charge is 0.234 e. The molecule has 0 spiro atoms. The Balaban J connectivity index is 1.74. The molecule has 0 aliphatic rings. The van der Waals surface area contributed by atoms with E-state index in [0.29, 0.717) is 38.4 Å². The Morgan fingerprint density at radius 3 is 2.39 bits per heavy atom. The van der Waals surface area contributed by atoms with Gasteiger partial charge >= 0.3 is 0 Å². The average Bonchev–Trinajstić information content (AvgIpc) is 2.93. The van der Waals surface area contributed by atoms with Gasteiger partial charge in [0.1, 0.15) is 11.1 Å². The minimum absolute atomic E-state index is 0.0878. The zero-order chi connectivity index (χ0) is 27.2. The Morgan fingerprint density at radius 1 is 1.00 bits per heavy atom. The number of ether oxygens (including phenoxy) is 2. The van der Waals surface area contributed by atoms with Crippen molar-refractivity contribution in [2.45, 2.75) is 18.9 Å². The fourth-order valence-corrected chi connectivity index (χ4v) is 4.87. The zero-order valence-corrected chi connectivity index (χ0v) is 23.0. The van der Waals surface area contributed by atoms with Crippen molar-refractivity contribution in [3.63, 3.8) is 0 Å². The molecule has 0 aliphatic heterocycles. The molecule has 0 bridgehead atoms. The van der Waals surface area contributed by atoms with Crippen molar-refractivity contribution >= 4 is 35.0 Å². The molecule has 4 aromatic rings. The number of aromatic nitrogens is 1. The molecular weight excluding hydrogens is 518 g/mol. The van der Waals surface area contributed by atoms with E-state index >= 15 is 0 Å². The molecule has 0 saturated carbocycles. The van der Waals surface area contributed by atoms with Crippen LogP contribution in [-0.4, -0.2) is 30.9 Å². The van der Waals surface area contributed by atoms with Gasteiger partial charge < -0.3 is 14.8 Å². The molecule has 1 N–H and O–H groups in total. The van der Waals surface area contributed by atoms with Crippen LogP contribution in [0.1, 0.15) is 16.7 Å². The van der Waals surface area contributed by atoms with Crippen LogP contribution in [-0.2, 0) is 4.79 Å². The lowest BCUT2D eigenvalue weighted by atomic mass is 9.99. The number of carbonyl (C=O) groups is 1. The minimum Gasteiger partial charge on any atom is -0.493 e. The van der Waals surface area contributed by atoms with Crippen molar-refractivity contribution in [2.24, 2.45) is 0 Å². The molecule has 1 amide bonds. The number of thioether (sulfide) groups is 1. The van der Waals surface area contributed by atoms with Gasteiger partial charge in [-0.05, 0) is 66.9 Å². The number of benzene rings is 3. The third-order valence-electron chi connectivity index (χ3n) is 6.15. The molecule has 192 valence electrons. The number of aryl methyl sites for hydroxylation is 1. The second-order valence-corrected chi connectivity index (χ2v) is 9.91. The number of nitrogens with one attached hydrogen (secondary N) is 1. The summed E-state index contributed by atoms with van der Waals surface area (Å²) in [5.74, 6) is 1.03. The van der Waals surface area contributed by atoms with Crippen molar-refractivity contribution in [3.8, 4) is 40.0 Å². The summed E-state index contributed by atoms with van der Waals surface area (Å²) >= 11 is 7.32. The summed E-state index contributed by atoms with van der Waals surface area (Å²) in [5.41, 5.74) is 6.18. The molecule has 0 radical (unpaired) electrons. The van der Waals surface area contributed by atoms with Gasteiger partial charge in [-0.3, -0.25) is 4.79 Å². The molecular formula is C30H26ClN3O3S. The summed E-state index contributed by atoms with van der Waals surface area (Å²) < 4.78 is 10.9. The molecule has 8 heteroatoms. The zero-order valence-electron chi connectivity index (χ0n) is 21.5. The van der Waals surface area contributed by atoms with E-state index in [2.05, 4.69) is 11.4 Å². The standard InChI is InChI=1S/C30H26ClN3O3S/c1-18-6-5-7-25(19(18)2)33-29(35)17-38-30-24(16-32)23(21-10-13-27(36-3)28(14-21)37-4)15-26(34-30)20-8-11-22(31)12-9-20/h5-15H,17H2,1-4H3,(H,33,35). The van der Waals surface area contributed by atoms with Crippen molar-refractivity contribution in [2.75, 3.05) is 25.3 Å². The van der Waals surface area contributed by atoms with Crippen LogP contribution in [0, 0.1) is 25.2 Å². The molecule has 6 nitrogen and oxygen atoms in total. The summed E-state index contributed by atoms with van der Waals surface area (Å²) in [6.45, 7) is 3.97. The van der Waals surface area contributed by atoms with E-state index in [1.54, 1.807) is 32.4 Å². The van der Waals surface area contributed by atoms with E-state index < -0.39 is 0 Å². The minimum atomic E-state index is -0.182. The summed E-state index contributed by atoms with van der Waals surface area (Å²) in [6, 6.07) is 22.7. The number of nitrogens with zero attached hydrogens (tertiary/aromatic N) is 2. The molecule has 3 aromatic carbocycles. The first-order chi connectivity index (χ1) is 18.3. The van der Waals surface area contributed by atoms with Crippen LogP contribution in [0.5, 0.6) is 11.5 Å². The number of anilines is 1. The van der Waals surface area contributed by atoms with E-state index in [9.17, 15) is 10.1 Å². The topological polar surface area (TPSA) is 84.2 Å². The third kappa shape index (κ3) is 5.94. The van der Waals surface area contributed by atoms with Gasteiger partial charge in [0.25, 0.3) is 0 Å². The number of pyridine rings is 1. The number of methoxy groups -OCH3 is 2. The molecule has 0 unspecified atom stereocenters. The number of carbonyl (C=O) groups excluding carboxylic acids is 1. The van der Waals surface area contributed by atoms with E-state index in [1.165, 1.54) is 11.8 Å². The first-order valence-corrected chi connectivity index (χ1v) is 13.1. The molecule has 0 aliphatic carbocycles. The van der Waals surface area contributed by atoms with Crippen molar-refractivity contribution in [3.05, 3.63) is 88.4 Å². The number of halogens is 1. The van der Waals surface area contributed by atoms with E-state index in [4.69, 9.17) is 26.1 Å². The summed E-state index contributed by atoms with van der Waals surface area (Å²) in [4.78, 5) is 17.6. The van der Waals surface area contributed by atoms with Crippen LogP contribution in [0.25, 0.3) is 22.4 Å². The fourth-order valence-electron chi connectivity index (χ4n) is 3.94. The molecule has 38 heavy (non-hydrogen) atoms. The Hall–Kier alpha value is -3.99. The van der Waals surface area contributed by atoms with Gasteiger partial charge in [0, 0.05) is 21.8 Å². The molecule has 1 heterocycles. The highest BCUT2D eigenvalue weighted by Gasteiger charge is 2.19. The SMILES string of the molecule is COc1ccc(-c2cc(-c3ccc(Cl)cc3)nc(SCC(=O)Nc3cccc(C)c3C)c2C#N)cc1OC. The molecule has 1 aromatic heterocycles. The van der Waals surface area contributed by atoms with E-state index in [1.807, 2.05) is 62.4 Å². The molecule has 4 rings (SSSR count). The lowest BCUT2D eigenvalue weighted by Gasteiger charge is -2.15. The molecule has 0 fully saturated rings. The van der Waals surface area contributed by atoms with Gasteiger partial charge in [0.15, 0.2) is 11.5 Å². The summed E-state index contributed by atoms with van der Waals surface area (Å²) in [7, 11) is 3.13. The predicted octanol–water partition coefficient (Wildman–Crippen LogP) is 7.31. The van der Waals surface area contributed by atoms with Crippen LogP contribution in [0.2, 0.25) is 5.02 Å². The van der Waals surface area contributed by atoms with Crippen molar-refractivity contribution < 1.29 is 14.3 Å². The van der Waals surface area contributed by atoms with Gasteiger partial charge in [0.2, 0.25) is 5.91 Å². The second-order valence-electron chi connectivity index (χ2n) is 8.51. The average molecular weight is 544 g/mol. The first-order valence-electron chi connectivity index (χ1n) is 11.8.